The molecule has 0 saturated heterocycles. The minimum Gasteiger partial charge on any atom is -0.390 e. The number of nitrogen functional groups attached to an aromatic ring is 1. The van der Waals surface area contributed by atoms with E-state index in [0.29, 0.717) is 0 Å². The zero-order chi connectivity index (χ0) is 12.9. The molecule has 0 aliphatic heterocycles. The summed E-state index contributed by atoms with van der Waals surface area (Å²) >= 11 is 3.03. The average molecular weight is 279 g/mol. The van der Waals surface area contributed by atoms with Crippen molar-refractivity contribution in [3.63, 3.8) is 0 Å². The maximum Gasteiger partial charge on any atom is 0.235 e. The minimum atomic E-state index is -0.0784. The summed E-state index contributed by atoms with van der Waals surface area (Å²) < 4.78 is 1.82. The molecule has 0 spiro atoms. The quantitative estimate of drug-likeness (QED) is 0.743. The van der Waals surface area contributed by atoms with Gasteiger partial charge >= 0.3 is 0 Å². The molecule has 94 valence electrons. The number of nitrogens with zero attached hydrogens (tertiary/aromatic N) is 4. The molecule has 3 rings (SSSR count). The molecule has 0 saturated carbocycles. The van der Waals surface area contributed by atoms with E-state index in [4.69, 9.17) is 5.73 Å². The first-order chi connectivity index (χ1) is 8.47. The first-order valence-corrected chi connectivity index (χ1v) is 7.22. The van der Waals surface area contributed by atoms with Crippen LogP contribution < -0.4 is 5.73 Å². The Morgan fingerprint density at radius 2 is 2.06 bits per heavy atom. The van der Waals surface area contributed by atoms with Crippen LogP contribution in [0.25, 0.3) is 15.5 Å². The fraction of sp³-hybridized carbons (Fsp3) is 0.364. The molecule has 7 heteroatoms. The van der Waals surface area contributed by atoms with Gasteiger partial charge in [0.2, 0.25) is 4.96 Å². The van der Waals surface area contributed by atoms with E-state index in [1.807, 2.05) is 16.0 Å². The highest BCUT2D eigenvalue weighted by atomic mass is 32.1. The molecule has 0 amide bonds. The molecule has 0 fully saturated rings. The summed E-state index contributed by atoms with van der Waals surface area (Å²) in [5, 5.41) is 16.6. The standard InChI is InChI=1S/C11H13N5S2/c1-11(2,3)9-13-14-10-16(9)15-8(18-10)6-4-5-17-7(6)12/h4-5H,12H2,1-3H3. The van der Waals surface area contributed by atoms with Crippen LogP contribution in [-0.4, -0.2) is 19.8 Å². The van der Waals surface area contributed by atoms with Crippen LogP contribution in [0.4, 0.5) is 5.00 Å². The predicted molar refractivity (Wildman–Crippen MR) is 75.1 cm³/mol. The molecule has 2 N–H and O–H groups in total. The molecule has 0 aromatic carbocycles. The zero-order valence-corrected chi connectivity index (χ0v) is 12.0. The van der Waals surface area contributed by atoms with Crippen LogP contribution in [0.1, 0.15) is 26.6 Å². The molecule has 5 nitrogen and oxygen atoms in total. The van der Waals surface area contributed by atoms with Gasteiger partial charge in [0.25, 0.3) is 0 Å². The van der Waals surface area contributed by atoms with Gasteiger partial charge in [-0.15, -0.1) is 21.5 Å². The molecule has 0 aliphatic rings. The molecular formula is C11H13N5S2. The summed E-state index contributed by atoms with van der Waals surface area (Å²) in [6.07, 6.45) is 0. The van der Waals surface area contributed by atoms with Gasteiger partial charge in [0.15, 0.2) is 10.8 Å². The van der Waals surface area contributed by atoms with E-state index in [-0.39, 0.29) is 5.41 Å². The summed E-state index contributed by atoms with van der Waals surface area (Å²) in [6, 6.07) is 1.99. The molecule has 3 heterocycles. The number of thiophene rings is 1. The van der Waals surface area contributed by atoms with Gasteiger partial charge in [-0.3, -0.25) is 0 Å². The first kappa shape index (κ1) is 11.6. The van der Waals surface area contributed by atoms with E-state index in [0.717, 1.165) is 26.4 Å². The lowest BCUT2D eigenvalue weighted by Gasteiger charge is -2.13. The van der Waals surface area contributed by atoms with Crippen molar-refractivity contribution in [1.82, 2.24) is 19.8 Å². The van der Waals surface area contributed by atoms with Gasteiger partial charge in [0, 0.05) is 11.0 Å². The van der Waals surface area contributed by atoms with Crippen molar-refractivity contribution in [3.05, 3.63) is 17.3 Å². The third-order valence-corrected chi connectivity index (χ3v) is 4.27. The van der Waals surface area contributed by atoms with Crippen molar-refractivity contribution in [2.75, 3.05) is 5.73 Å². The van der Waals surface area contributed by atoms with Crippen molar-refractivity contribution in [1.29, 1.82) is 0 Å². The van der Waals surface area contributed by atoms with Gasteiger partial charge in [0.1, 0.15) is 0 Å². The normalized spacial score (nSPS) is 12.4. The monoisotopic (exact) mass is 279 g/mol. The molecule has 3 aromatic rings. The smallest absolute Gasteiger partial charge is 0.235 e. The van der Waals surface area contributed by atoms with E-state index in [1.54, 1.807) is 0 Å². The van der Waals surface area contributed by atoms with Crippen LogP contribution in [0.3, 0.4) is 0 Å². The van der Waals surface area contributed by atoms with Crippen LogP contribution in [-0.2, 0) is 5.41 Å². The highest BCUT2D eigenvalue weighted by molar-refractivity contribution is 7.20. The van der Waals surface area contributed by atoms with Gasteiger partial charge in [-0.05, 0) is 11.4 Å². The fourth-order valence-corrected chi connectivity index (χ4v) is 3.28. The van der Waals surface area contributed by atoms with Crippen LogP contribution in [0.2, 0.25) is 0 Å². The lowest BCUT2D eigenvalue weighted by molar-refractivity contribution is 0.528. The van der Waals surface area contributed by atoms with Gasteiger partial charge in [0.05, 0.1) is 5.00 Å². The fourth-order valence-electron chi connectivity index (χ4n) is 1.69. The summed E-state index contributed by atoms with van der Waals surface area (Å²) in [5.41, 5.74) is 6.83. The Labute approximate surface area is 112 Å². The van der Waals surface area contributed by atoms with E-state index in [9.17, 15) is 0 Å². The molecule has 3 aromatic heterocycles. The van der Waals surface area contributed by atoms with E-state index < -0.39 is 0 Å². The van der Waals surface area contributed by atoms with Gasteiger partial charge in [-0.1, -0.05) is 32.1 Å². The van der Waals surface area contributed by atoms with Crippen LogP contribution in [0.15, 0.2) is 11.4 Å². The van der Waals surface area contributed by atoms with E-state index in [2.05, 4.69) is 36.1 Å². The molecule has 0 unspecified atom stereocenters. The summed E-state index contributed by atoms with van der Waals surface area (Å²) in [5.74, 6) is 0.869. The number of hydrogen-bond donors (Lipinski definition) is 1. The second kappa shape index (κ2) is 3.76. The topological polar surface area (TPSA) is 69.1 Å². The Bertz CT molecular complexity index is 700. The molecule has 18 heavy (non-hydrogen) atoms. The van der Waals surface area contributed by atoms with Gasteiger partial charge in [-0.2, -0.15) is 9.61 Å². The van der Waals surface area contributed by atoms with Crippen molar-refractivity contribution < 1.29 is 0 Å². The molecule has 0 aliphatic carbocycles. The van der Waals surface area contributed by atoms with Crippen LogP contribution >= 0.6 is 22.7 Å². The number of nitrogens with two attached hydrogens (primary N) is 1. The Hall–Kier alpha value is -1.47. The van der Waals surface area contributed by atoms with E-state index >= 15 is 0 Å². The molecular weight excluding hydrogens is 266 g/mol. The summed E-state index contributed by atoms with van der Waals surface area (Å²) in [7, 11) is 0. The number of hydrogen-bond acceptors (Lipinski definition) is 6. The van der Waals surface area contributed by atoms with Crippen LogP contribution in [0, 0.1) is 0 Å². The second-order valence-electron chi connectivity index (χ2n) is 5.07. The van der Waals surface area contributed by atoms with Crippen LogP contribution in [0.5, 0.6) is 0 Å². The third kappa shape index (κ3) is 1.70. The summed E-state index contributed by atoms with van der Waals surface area (Å²) in [6.45, 7) is 6.30. The Morgan fingerprint density at radius 3 is 2.67 bits per heavy atom. The number of fused-ring (bicyclic) bond motifs is 1. The highest BCUT2D eigenvalue weighted by Crippen LogP contribution is 2.34. The minimum absolute atomic E-state index is 0.0784. The maximum absolute atomic E-state index is 5.93. The number of rotatable bonds is 1. The number of aromatic nitrogens is 4. The van der Waals surface area contributed by atoms with Gasteiger partial charge < -0.3 is 5.73 Å². The van der Waals surface area contributed by atoms with E-state index in [1.165, 1.54) is 22.7 Å². The SMILES string of the molecule is CC(C)(C)c1nnc2sc(-c3ccsc3N)nn12. The maximum atomic E-state index is 5.93. The Kier molecular flexibility index (Phi) is 2.43. The summed E-state index contributed by atoms with van der Waals surface area (Å²) in [4.78, 5) is 0.806. The van der Waals surface area contributed by atoms with Crippen molar-refractivity contribution in [2.24, 2.45) is 0 Å². The van der Waals surface area contributed by atoms with Crippen molar-refractivity contribution in [3.8, 4) is 10.6 Å². The lowest BCUT2D eigenvalue weighted by atomic mass is 9.96. The molecule has 0 atom stereocenters. The average Bonchev–Trinajstić information content (AvgIpc) is 2.87. The number of anilines is 1. The lowest BCUT2D eigenvalue weighted by Crippen LogP contribution is -2.16. The van der Waals surface area contributed by atoms with Crippen molar-refractivity contribution in [2.45, 2.75) is 26.2 Å². The Morgan fingerprint density at radius 1 is 1.28 bits per heavy atom. The molecule has 0 radical (unpaired) electrons. The predicted octanol–water partition coefficient (Wildman–Crippen LogP) is 2.79. The highest BCUT2D eigenvalue weighted by Gasteiger charge is 2.23. The van der Waals surface area contributed by atoms with Crippen molar-refractivity contribution >= 4 is 32.6 Å². The second-order valence-corrected chi connectivity index (χ2v) is 6.98. The first-order valence-electron chi connectivity index (χ1n) is 5.53. The molecule has 0 bridgehead atoms. The third-order valence-electron chi connectivity index (χ3n) is 2.59. The Balaban J connectivity index is 2.19. The largest absolute Gasteiger partial charge is 0.390 e. The van der Waals surface area contributed by atoms with Gasteiger partial charge in [-0.25, -0.2) is 0 Å². The zero-order valence-electron chi connectivity index (χ0n) is 10.3.